The van der Waals surface area contributed by atoms with Gasteiger partial charge in [0.2, 0.25) is 0 Å². The van der Waals surface area contributed by atoms with Crippen LogP contribution in [-0.2, 0) is 4.74 Å². The Morgan fingerprint density at radius 3 is 2.65 bits per heavy atom. The minimum Gasteiger partial charge on any atom is -0.450 e. The van der Waals surface area contributed by atoms with Crippen molar-refractivity contribution in [2.24, 2.45) is 0 Å². The van der Waals surface area contributed by atoms with Crippen molar-refractivity contribution in [1.29, 1.82) is 0 Å². The number of carbonyl (C=O) groups is 2. The van der Waals surface area contributed by atoms with E-state index in [0.717, 1.165) is 35.0 Å². The van der Waals surface area contributed by atoms with Crippen molar-refractivity contribution in [2.45, 2.75) is 39.7 Å². The number of ether oxygens (including phenoxy) is 1. The van der Waals surface area contributed by atoms with Gasteiger partial charge < -0.3 is 15.0 Å². The van der Waals surface area contributed by atoms with Crippen LogP contribution in [-0.4, -0.2) is 47.6 Å². The number of likely N-dealkylation sites (tertiary alicyclic amines) is 1. The van der Waals surface area contributed by atoms with Gasteiger partial charge in [-0.05, 0) is 51.8 Å². The zero-order chi connectivity index (χ0) is 18.7. The van der Waals surface area contributed by atoms with Gasteiger partial charge in [0.1, 0.15) is 0 Å². The number of pyridine rings is 1. The normalized spacial score (nSPS) is 15.1. The Hall–Kier alpha value is -2.63. The Morgan fingerprint density at radius 2 is 1.96 bits per heavy atom. The molecule has 1 aliphatic heterocycles. The number of hydrogen-bond acceptors (Lipinski definition) is 4. The van der Waals surface area contributed by atoms with E-state index >= 15 is 0 Å². The highest BCUT2D eigenvalue weighted by Gasteiger charge is 2.25. The fourth-order valence-corrected chi connectivity index (χ4v) is 3.34. The summed E-state index contributed by atoms with van der Waals surface area (Å²) in [5, 5.41) is 3.99. The van der Waals surface area contributed by atoms with Crippen LogP contribution in [0.2, 0.25) is 0 Å². The van der Waals surface area contributed by atoms with Gasteiger partial charge in [0, 0.05) is 30.2 Å². The van der Waals surface area contributed by atoms with E-state index in [9.17, 15) is 9.59 Å². The van der Waals surface area contributed by atoms with E-state index < -0.39 is 0 Å². The standard InChI is InChI=1S/C20H25N3O3/c1-4-26-20(25)23-9-7-15(8-10-23)22-19(24)17-12-14(3)21-18-6-5-13(2)11-16(17)18/h5-6,11-12,15H,4,7-10H2,1-3H3,(H,22,24). The molecule has 2 heterocycles. The molecule has 1 N–H and O–H groups in total. The monoisotopic (exact) mass is 355 g/mol. The quantitative estimate of drug-likeness (QED) is 0.918. The smallest absolute Gasteiger partial charge is 0.409 e. The molecule has 0 bridgehead atoms. The number of amides is 2. The number of nitrogens with one attached hydrogen (secondary N) is 1. The molecule has 1 aromatic carbocycles. The predicted molar refractivity (Wildman–Crippen MR) is 100 cm³/mol. The summed E-state index contributed by atoms with van der Waals surface area (Å²) in [6.07, 6.45) is 1.18. The van der Waals surface area contributed by atoms with Crippen LogP contribution < -0.4 is 5.32 Å². The lowest BCUT2D eigenvalue weighted by atomic mass is 10.0. The van der Waals surface area contributed by atoms with Crippen LogP contribution in [0.1, 0.15) is 41.4 Å². The molecule has 2 aromatic rings. The lowest BCUT2D eigenvalue weighted by Crippen LogP contribution is -2.46. The number of fused-ring (bicyclic) bond motifs is 1. The van der Waals surface area contributed by atoms with Crippen molar-refractivity contribution in [3.8, 4) is 0 Å². The van der Waals surface area contributed by atoms with Crippen molar-refractivity contribution in [2.75, 3.05) is 19.7 Å². The van der Waals surface area contributed by atoms with Crippen molar-refractivity contribution in [3.05, 3.63) is 41.1 Å². The molecule has 6 nitrogen and oxygen atoms in total. The second-order valence-electron chi connectivity index (χ2n) is 6.77. The molecule has 26 heavy (non-hydrogen) atoms. The van der Waals surface area contributed by atoms with E-state index in [-0.39, 0.29) is 18.0 Å². The molecule has 0 saturated carbocycles. The zero-order valence-corrected chi connectivity index (χ0v) is 15.5. The van der Waals surface area contributed by atoms with Crippen molar-refractivity contribution in [3.63, 3.8) is 0 Å². The Labute approximate surface area is 153 Å². The van der Waals surface area contributed by atoms with E-state index in [4.69, 9.17) is 4.74 Å². The van der Waals surface area contributed by atoms with Gasteiger partial charge >= 0.3 is 6.09 Å². The van der Waals surface area contributed by atoms with E-state index in [1.54, 1.807) is 11.8 Å². The lowest BCUT2D eigenvalue weighted by Gasteiger charge is -2.31. The third-order valence-electron chi connectivity index (χ3n) is 4.69. The topological polar surface area (TPSA) is 71.5 Å². The minimum atomic E-state index is -0.275. The fourth-order valence-electron chi connectivity index (χ4n) is 3.34. The summed E-state index contributed by atoms with van der Waals surface area (Å²) in [6.45, 7) is 7.27. The highest BCUT2D eigenvalue weighted by atomic mass is 16.6. The predicted octanol–water partition coefficient (Wildman–Crippen LogP) is 3.20. The summed E-state index contributed by atoms with van der Waals surface area (Å²) in [5.74, 6) is -0.0827. The first kappa shape index (κ1) is 18.2. The number of aromatic nitrogens is 1. The van der Waals surface area contributed by atoms with Crippen molar-refractivity contribution in [1.82, 2.24) is 15.2 Å². The zero-order valence-electron chi connectivity index (χ0n) is 15.5. The van der Waals surface area contributed by atoms with E-state index in [1.165, 1.54) is 0 Å². The molecule has 1 saturated heterocycles. The number of benzene rings is 1. The van der Waals surface area contributed by atoms with Crippen LogP contribution in [0.25, 0.3) is 10.9 Å². The second kappa shape index (κ2) is 7.72. The largest absolute Gasteiger partial charge is 0.450 e. The Kier molecular flexibility index (Phi) is 5.40. The number of rotatable bonds is 3. The molecule has 0 radical (unpaired) electrons. The molecule has 138 valence electrons. The first-order valence-electron chi connectivity index (χ1n) is 9.08. The van der Waals surface area contributed by atoms with Gasteiger partial charge in [-0.25, -0.2) is 4.79 Å². The minimum absolute atomic E-state index is 0.0570. The Morgan fingerprint density at radius 1 is 1.23 bits per heavy atom. The molecule has 0 unspecified atom stereocenters. The Balaban J connectivity index is 1.71. The first-order chi connectivity index (χ1) is 12.5. The maximum Gasteiger partial charge on any atom is 0.409 e. The second-order valence-corrected chi connectivity index (χ2v) is 6.77. The van der Waals surface area contributed by atoms with E-state index in [2.05, 4.69) is 10.3 Å². The molecule has 1 aliphatic rings. The van der Waals surface area contributed by atoms with Crippen LogP contribution in [0.4, 0.5) is 4.79 Å². The first-order valence-corrected chi connectivity index (χ1v) is 9.08. The lowest BCUT2D eigenvalue weighted by molar-refractivity contribution is 0.0861. The highest BCUT2D eigenvalue weighted by molar-refractivity contribution is 6.06. The van der Waals surface area contributed by atoms with Crippen LogP contribution >= 0.6 is 0 Å². The van der Waals surface area contributed by atoms with Gasteiger partial charge in [-0.1, -0.05) is 11.6 Å². The molecule has 0 atom stereocenters. The molecule has 3 rings (SSSR count). The average molecular weight is 355 g/mol. The van der Waals surface area contributed by atoms with Crippen molar-refractivity contribution < 1.29 is 14.3 Å². The van der Waals surface area contributed by atoms with E-state index in [0.29, 0.717) is 25.3 Å². The fraction of sp³-hybridized carbons (Fsp3) is 0.450. The molecular formula is C20H25N3O3. The number of carbonyl (C=O) groups excluding carboxylic acids is 2. The summed E-state index contributed by atoms with van der Waals surface area (Å²) in [5.41, 5.74) is 3.41. The third kappa shape index (κ3) is 3.95. The maximum atomic E-state index is 12.9. The molecule has 0 aliphatic carbocycles. The van der Waals surface area contributed by atoms with Crippen LogP contribution in [0.15, 0.2) is 24.3 Å². The summed E-state index contributed by atoms with van der Waals surface area (Å²) >= 11 is 0. The van der Waals surface area contributed by atoms with Gasteiger partial charge in [0.05, 0.1) is 17.7 Å². The van der Waals surface area contributed by atoms with Gasteiger partial charge in [-0.15, -0.1) is 0 Å². The summed E-state index contributed by atoms with van der Waals surface area (Å²) in [4.78, 5) is 30.8. The SMILES string of the molecule is CCOC(=O)N1CCC(NC(=O)c2cc(C)nc3ccc(C)cc23)CC1. The number of aryl methyl sites for hydroxylation is 2. The number of hydrogen-bond donors (Lipinski definition) is 1. The molecular weight excluding hydrogens is 330 g/mol. The highest BCUT2D eigenvalue weighted by Crippen LogP contribution is 2.21. The van der Waals surface area contributed by atoms with Crippen molar-refractivity contribution >= 4 is 22.9 Å². The van der Waals surface area contributed by atoms with Gasteiger partial charge in [-0.3, -0.25) is 9.78 Å². The summed E-state index contributed by atoms with van der Waals surface area (Å²) in [6, 6.07) is 7.85. The van der Waals surface area contributed by atoms with Gasteiger partial charge in [0.25, 0.3) is 5.91 Å². The molecule has 2 amide bonds. The number of nitrogens with zero attached hydrogens (tertiary/aromatic N) is 2. The molecule has 0 spiro atoms. The summed E-state index contributed by atoms with van der Waals surface area (Å²) < 4.78 is 5.03. The maximum absolute atomic E-state index is 12.9. The Bertz CT molecular complexity index is 826. The summed E-state index contributed by atoms with van der Waals surface area (Å²) in [7, 11) is 0. The van der Waals surface area contributed by atoms with Crippen LogP contribution in [0.5, 0.6) is 0 Å². The average Bonchev–Trinajstić information content (AvgIpc) is 2.62. The van der Waals surface area contributed by atoms with Gasteiger partial charge in [0.15, 0.2) is 0 Å². The van der Waals surface area contributed by atoms with Crippen LogP contribution in [0, 0.1) is 13.8 Å². The molecule has 1 aromatic heterocycles. The number of piperidine rings is 1. The van der Waals surface area contributed by atoms with Crippen LogP contribution in [0.3, 0.4) is 0 Å². The van der Waals surface area contributed by atoms with E-state index in [1.807, 2.05) is 38.1 Å². The third-order valence-corrected chi connectivity index (χ3v) is 4.69. The van der Waals surface area contributed by atoms with Gasteiger partial charge in [-0.2, -0.15) is 0 Å². The molecule has 1 fully saturated rings. The molecule has 6 heteroatoms.